The Morgan fingerprint density at radius 3 is 3.00 bits per heavy atom. The summed E-state index contributed by atoms with van der Waals surface area (Å²) in [7, 11) is 0. The molecule has 2 aromatic heterocycles. The molecule has 0 saturated carbocycles. The average Bonchev–Trinajstić information content (AvgIpc) is 2.46. The van der Waals surface area contributed by atoms with Gasteiger partial charge in [0.2, 0.25) is 0 Å². The molecule has 0 aliphatic heterocycles. The maximum Gasteiger partial charge on any atom is 0.160 e. The van der Waals surface area contributed by atoms with Gasteiger partial charge in [-0.25, -0.2) is 4.39 Å². The van der Waals surface area contributed by atoms with Crippen molar-refractivity contribution in [2.75, 3.05) is 0 Å². The second kappa shape index (κ2) is 2.53. The van der Waals surface area contributed by atoms with E-state index < -0.39 is 0 Å². The van der Waals surface area contributed by atoms with Crippen molar-refractivity contribution in [1.82, 2.24) is 14.6 Å². The molecule has 62 valence electrons. The second-order valence-corrected chi connectivity index (χ2v) is 2.40. The Hall–Kier alpha value is -1.49. The summed E-state index contributed by atoms with van der Waals surface area (Å²) in [5, 5.41) is 7.57. The summed E-state index contributed by atoms with van der Waals surface area (Å²) in [4.78, 5) is 0. The molecule has 12 heavy (non-hydrogen) atoms. The molecule has 0 saturated heterocycles. The second-order valence-electron chi connectivity index (χ2n) is 2.40. The molecule has 2 N–H and O–H groups in total. The molecular weight excluding hydrogens is 159 g/mol. The van der Waals surface area contributed by atoms with Gasteiger partial charge >= 0.3 is 0 Å². The van der Waals surface area contributed by atoms with Crippen LogP contribution in [0.1, 0.15) is 5.82 Å². The molecule has 0 aromatic carbocycles. The third-order valence-corrected chi connectivity index (χ3v) is 1.62. The first-order chi connectivity index (χ1) is 5.81. The Bertz CT molecular complexity index is 409. The van der Waals surface area contributed by atoms with Gasteiger partial charge in [-0.3, -0.25) is 4.40 Å². The van der Waals surface area contributed by atoms with Gasteiger partial charge in [0.15, 0.2) is 11.5 Å². The van der Waals surface area contributed by atoms with Crippen LogP contribution in [0.5, 0.6) is 0 Å². The van der Waals surface area contributed by atoms with Crippen molar-refractivity contribution in [3.63, 3.8) is 0 Å². The predicted octanol–water partition coefficient (Wildman–Crippen LogP) is 0.327. The number of rotatable bonds is 1. The highest BCUT2D eigenvalue weighted by molar-refractivity contribution is 5.37. The minimum atomic E-state index is -0.322. The Balaban J connectivity index is 2.75. The highest BCUT2D eigenvalue weighted by Crippen LogP contribution is 2.04. The maximum absolute atomic E-state index is 12.7. The van der Waals surface area contributed by atoms with Gasteiger partial charge in [0, 0.05) is 6.20 Å². The number of nitrogens with zero attached hydrogens (tertiary/aromatic N) is 3. The molecule has 0 aliphatic carbocycles. The molecule has 0 fully saturated rings. The van der Waals surface area contributed by atoms with Crippen LogP contribution < -0.4 is 5.73 Å². The van der Waals surface area contributed by atoms with E-state index in [0.717, 1.165) is 0 Å². The summed E-state index contributed by atoms with van der Waals surface area (Å²) in [5.74, 6) is 0.238. The number of halogens is 1. The fourth-order valence-electron chi connectivity index (χ4n) is 1.05. The number of nitrogens with two attached hydrogens (primary N) is 1. The highest BCUT2D eigenvalue weighted by atomic mass is 19.1. The summed E-state index contributed by atoms with van der Waals surface area (Å²) >= 11 is 0. The van der Waals surface area contributed by atoms with Gasteiger partial charge in [0.25, 0.3) is 0 Å². The van der Waals surface area contributed by atoms with Crippen molar-refractivity contribution in [3.05, 3.63) is 30.0 Å². The lowest BCUT2D eigenvalue weighted by Crippen LogP contribution is -2.02. The van der Waals surface area contributed by atoms with Crippen LogP contribution in [0, 0.1) is 5.82 Å². The zero-order valence-corrected chi connectivity index (χ0v) is 6.24. The minimum absolute atomic E-state index is 0.255. The molecule has 0 unspecified atom stereocenters. The SMILES string of the molecule is NCc1nnc2ccc(F)cn12. The summed E-state index contributed by atoms with van der Waals surface area (Å²) in [6.07, 6.45) is 1.32. The highest BCUT2D eigenvalue weighted by Gasteiger charge is 2.02. The smallest absolute Gasteiger partial charge is 0.160 e. The first kappa shape index (κ1) is 7.17. The lowest BCUT2D eigenvalue weighted by molar-refractivity contribution is 0.617. The normalized spacial score (nSPS) is 10.8. The maximum atomic E-state index is 12.7. The molecule has 2 heterocycles. The minimum Gasteiger partial charge on any atom is -0.324 e. The number of aromatic nitrogens is 3. The summed E-state index contributed by atoms with van der Waals surface area (Å²) in [5.41, 5.74) is 5.97. The number of fused-ring (bicyclic) bond motifs is 1. The largest absolute Gasteiger partial charge is 0.324 e. The third kappa shape index (κ3) is 0.947. The number of hydrogen-bond donors (Lipinski definition) is 1. The van der Waals surface area contributed by atoms with Crippen LogP contribution in [-0.4, -0.2) is 14.6 Å². The van der Waals surface area contributed by atoms with E-state index in [2.05, 4.69) is 10.2 Å². The zero-order chi connectivity index (χ0) is 8.55. The van der Waals surface area contributed by atoms with E-state index >= 15 is 0 Å². The summed E-state index contributed by atoms with van der Waals surface area (Å²) in [6, 6.07) is 2.89. The van der Waals surface area contributed by atoms with Crippen LogP contribution in [0.25, 0.3) is 5.65 Å². The van der Waals surface area contributed by atoms with E-state index in [0.29, 0.717) is 11.5 Å². The van der Waals surface area contributed by atoms with E-state index in [4.69, 9.17) is 5.73 Å². The van der Waals surface area contributed by atoms with Crippen molar-refractivity contribution in [3.8, 4) is 0 Å². The van der Waals surface area contributed by atoms with Gasteiger partial charge in [0.1, 0.15) is 5.82 Å². The monoisotopic (exact) mass is 166 g/mol. The summed E-state index contributed by atoms with van der Waals surface area (Å²) < 4.78 is 14.3. The van der Waals surface area contributed by atoms with E-state index in [1.54, 1.807) is 6.07 Å². The van der Waals surface area contributed by atoms with Gasteiger partial charge in [-0.05, 0) is 12.1 Å². The van der Waals surface area contributed by atoms with Crippen molar-refractivity contribution >= 4 is 5.65 Å². The van der Waals surface area contributed by atoms with E-state index in [-0.39, 0.29) is 12.4 Å². The van der Waals surface area contributed by atoms with Crippen molar-refractivity contribution in [2.45, 2.75) is 6.54 Å². The topological polar surface area (TPSA) is 56.2 Å². The Morgan fingerprint density at radius 1 is 1.42 bits per heavy atom. The van der Waals surface area contributed by atoms with Crippen LogP contribution in [-0.2, 0) is 6.54 Å². The fraction of sp³-hybridized carbons (Fsp3) is 0.143. The molecule has 2 rings (SSSR count). The average molecular weight is 166 g/mol. The first-order valence-electron chi connectivity index (χ1n) is 3.50. The molecule has 5 heteroatoms. The molecule has 0 amide bonds. The third-order valence-electron chi connectivity index (χ3n) is 1.62. The molecule has 0 atom stereocenters. The van der Waals surface area contributed by atoms with Crippen LogP contribution in [0.2, 0.25) is 0 Å². The predicted molar refractivity (Wildman–Crippen MR) is 40.8 cm³/mol. The van der Waals surface area contributed by atoms with E-state index in [1.165, 1.54) is 16.7 Å². The van der Waals surface area contributed by atoms with Crippen molar-refractivity contribution < 1.29 is 4.39 Å². The van der Waals surface area contributed by atoms with E-state index in [1.807, 2.05) is 0 Å². The lowest BCUT2D eigenvalue weighted by Gasteiger charge is -1.94. The van der Waals surface area contributed by atoms with Crippen molar-refractivity contribution in [2.24, 2.45) is 5.73 Å². The fourth-order valence-corrected chi connectivity index (χ4v) is 1.05. The number of pyridine rings is 1. The molecule has 2 aromatic rings. The molecule has 0 bridgehead atoms. The lowest BCUT2D eigenvalue weighted by atomic mass is 10.4. The molecule has 4 nitrogen and oxygen atoms in total. The van der Waals surface area contributed by atoms with Crippen LogP contribution in [0.3, 0.4) is 0 Å². The van der Waals surface area contributed by atoms with Crippen LogP contribution in [0.4, 0.5) is 4.39 Å². The van der Waals surface area contributed by atoms with Gasteiger partial charge in [0.05, 0.1) is 6.54 Å². The number of hydrogen-bond acceptors (Lipinski definition) is 3. The molecular formula is C7H7FN4. The Kier molecular flexibility index (Phi) is 1.51. The quantitative estimate of drug-likeness (QED) is 0.664. The molecule has 0 aliphatic rings. The van der Waals surface area contributed by atoms with Crippen LogP contribution in [0.15, 0.2) is 18.3 Å². The summed E-state index contributed by atoms with van der Waals surface area (Å²) in [6.45, 7) is 0.255. The van der Waals surface area contributed by atoms with Gasteiger partial charge in [-0.1, -0.05) is 0 Å². The van der Waals surface area contributed by atoms with Gasteiger partial charge < -0.3 is 5.73 Å². The Morgan fingerprint density at radius 2 is 2.25 bits per heavy atom. The molecule has 0 spiro atoms. The van der Waals surface area contributed by atoms with Gasteiger partial charge in [-0.2, -0.15) is 0 Å². The zero-order valence-electron chi connectivity index (χ0n) is 6.24. The molecule has 0 radical (unpaired) electrons. The standard InChI is InChI=1S/C7H7FN4/c8-5-1-2-6-10-11-7(3-9)12(6)4-5/h1-2,4H,3,9H2. The Labute approximate surface area is 67.8 Å². The van der Waals surface area contributed by atoms with E-state index in [9.17, 15) is 4.39 Å². The van der Waals surface area contributed by atoms with Crippen LogP contribution >= 0.6 is 0 Å². The van der Waals surface area contributed by atoms with Crippen molar-refractivity contribution in [1.29, 1.82) is 0 Å². The first-order valence-corrected chi connectivity index (χ1v) is 3.50. The van der Waals surface area contributed by atoms with Gasteiger partial charge in [-0.15, -0.1) is 10.2 Å².